The number of aryl methyl sites for hydroxylation is 2. The van der Waals surface area contributed by atoms with Crippen LogP contribution >= 0.6 is 22.7 Å². The molecule has 8 heteroatoms. The van der Waals surface area contributed by atoms with Gasteiger partial charge in [-0.15, -0.1) is 11.3 Å². The fourth-order valence-electron chi connectivity index (χ4n) is 3.66. The summed E-state index contributed by atoms with van der Waals surface area (Å²) in [5.41, 5.74) is 6.27. The number of rotatable bonds is 2. The third kappa shape index (κ3) is 5.78. The van der Waals surface area contributed by atoms with Crippen LogP contribution in [0.1, 0.15) is 11.1 Å². The summed E-state index contributed by atoms with van der Waals surface area (Å²) in [6.45, 7) is 4.07. The van der Waals surface area contributed by atoms with Crippen LogP contribution < -0.4 is 10.1 Å². The van der Waals surface area contributed by atoms with E-state index in [-0.39, 0.29) is 22.0 Å². The van der Waals surface area contributed by atoms with Crippen LogP contribution in [0, 0.1) is 13.8 Å². The van der Waals surface area contributed by atoms with Gasteiger partial charge in [-0.3, -0.25) is 0 Å². The van der Waals surface area contributed by atoms with E-state index in [1.54, 1.807) is 28.7 Å². The zero-order chi connectivity index (χ0) is 23.7. The average molecular weight is 523 g/mol. The molecule has 0 fully saturated rings. The van der Waals surface area contributed by atoms with Gasteiger partial charge in [-0.2, -0.15) is 9.88 Å². The van der Waals surface area contributed by atoms with E-state index in [4.69, 9.17) is 12.6 Å². The molecule has 36 heavy (non-hydrogen) atoms. The van der Waals surface area contributed by atoms with Crippen LogP contribution in [0.5, 0.6) is 5.75 Å². The molecule has 2 heterocycles. The molecule has 6 aromatic rings. The van der Waals surface area contributed by atoms with Crippen molar-refractivity contribution in [3.63, 3.8) is 0 Å². The Labute approximate surface area is 227 Å². The summed E-state index contributed by atoms with van der Waals surface area (Å²) >= 11 is 8.68. The van der Waals surface area contributed by atoms with Gasteiger partial charge in [0.25, 0.3) is 5.01 Å². The van der Waals surface area contributed by atoms with E-state index in [2.05, 4.69) is 35.1 Å². The molecule has 4 aromatic carbocycles. The van der Waals surface area contributed by atoms with Crippen LogP contribution in [0.25, 0.3) is 47.7 Å². The number of para-hydroxylation sites is 2. The summed E-state index contributed by atoms with van der Waals surface area (Å²) in [5.74, 6) is 0.0680. The molecule has 4 nitrogen and oxygen atoms in total. The number of thiazole rings is 2. The fraction of sp³-hybridized carbons (Fsp3) is 0.0714. The molecule has 0 saturated heterocycles. The van der Waals surface area contributed by atoms with Crippen LogP contribution in [-0.2, 0) is 12.6 Å². The average Bonchev–Trinajstić information content (AvgIpc) is 3.47. The van der Waals surface area contributed by atoms with Crippen LogP contribution in [0.15, 0.2) is 89.8 Å². The summed E-state index contributed by atoms with van der Waals surface area (Å²) in [7, 11) is 0. The smallest absolute Gasteiger partial charge is 0.872 e. The van der Waals surface area contributed by atoms with E-state index < -0.39 is 0 Å². The predicted octanol–water partition coefficient (Wildman–Crippen LogP) is 7.28. The van der Waals surface area contributed by atoms with Crippen LogP contribution in [0.4, 0.5) is 0 Å². The normalized spacial score (nSPS) is 10.3. The van der Waals surface area contributed by atoms with Crippen molar-refractivity contribution in [1.29, 1.82) is 0 Å². The van der Waals surface area contributed by atoms with Gasteiger partial charge in [0, 0.05) is 11.6 Å². The molecule has 0 aliphatic carbocycles. The Morgan fingerprint density at radius 2 is 1.42 bits per heavy atom. The first-order valence-electron chi connectivity index (χ1n) is 10.8. The molecule has 0 amide bonds. The molecule has 0 aliphatic heterocycles. The summed E-state index contributed by atoms with van der Waals surface area (Å²) < 4.78 is 2.38. The Morgan fingerprint density at radius 3 is 2.14 bits per heavy atom. The Bertz CT molecular complexity index is 1440. The molecule has 0 radical (unpaired) electrons. The number of hydrogen-bond acceptors (Lipinski definition) is 5. The van der Waals surface area contributed by atoms with Crippen molar-refractivity contribution >= 4 is 65.9 Å². The number of benzene rings is 4. The summed E-state index contributed by atoms with van der Waals surface area (Å²) in [4.78, 5) is 8.81. The number of aromatic nitrogens is 2. The van der Waals surface area contributed by atoms with E-state index in [0.717, 1.165) is 42.6 Å². The van der Waals surface area contributed by atoms with Crippen molar-refractivity contribution in [1.82, 2.24) is 4.98 Å². The van der Waals surface area contributed by atoms with Crippen LogP contribution in [0.3, 0.4) is 0 Å². The molecule has 0 saturated carbocycles. The predicted molar refractivity (Wildman–Crippen MR) is 154 cm³/mol. The first kappa shape index (κ1) is 27.4. The van der Waals surface area contributed by atoms with Gasteiger partial charge in [-0.1, -0.05) is 82.8 Å². The molecule has 0 atom stereocenters. The molecule has 0 spiro atoms. The topological polar surface area (TPSA) is 83.6 Å². The molecular formula is C28H23BeN3OS3. The number of aromatic amines is 1. The largest absolute Gasteiger partial charge is 2.00 e. The fourth-order valence-corrected chi connectivity index (χ4v) is 5.97. The van der Waals surface area contributed by atoms with E-state index >= 15 is 0 Å². The number of hydrogen-bond donors (Lipinski definition) is 0. The minimum Gasteiger partial charge on any atom is -0.872 e. The van der Waals surface area contributed by atoms with E-state index in [1.807, 2.05) is 67.6 Å². The van der Waals surface area contributed by atoms with E-state index in [1.165, 1.54) is 15.0 Å². The van der Waals surface area contributed by atoms with Gasteiger partial charge in [0.1, 0.15) is 9.71 Å². The zero-order valence-corrected chi connectivity index (χ0v) is 22.4. The first-order valence-corrected chi connectivity index (χ1v) is 12.8. The van der Waals surface area contributed by atoms with Crippen molar-refractivity contribution in [3.05, 3.63) is 102 Å². The minimum atomic E-state index is 0. The number of nitrogens with zero attached hydrogens (tertiary/aromatic N) is 1. The second kappa shape index (κ2) is 11.7. The molecule has 176 valence electrons. The maximum absolute atomic E-state index is 11.8. The number of H-pyrrole nitrogens is 1. The first-order chi connectivity index (χ1) is 16.5. The van der Waals surface area contributed by atoms with Crippen molar-refractivity contribution in [2.24, 2.45) is 0 Å². The van der Waals surface area contributed by atoms with Gasteiger partial charge in [0.2, 0.25) is 5.52 Å². The van der Waals surface area contributed by atoms with Crippen molar-refractivity contribution in [3.8, 4) is 26.9 Å². The molecule has 2 aromatic heterocycles. The number of fused-ring (bicyclic) bond motifs is 2. The van der Waals surface area contributed by atoms with Crippen molar-refractivity contribution < 1.29 is 10.1 Å². The third-order valence-corrected chi connectivity index (χ3v) is 7.91. The van der Waals surface area contributed by atoms with Gasteiger partial charge in [0.15, 0.2) is 0 Å². The van der Waals surface area contributed by atoms with Gasteiger partial charge < -0.3 is 23.9 Å². The van der Waals surface area contributed by atoms with Gasteiger partial charge in [0.05, 0.1) is 10.2 Å². The van der Waals surface area contributed by atoms with Crippen LogP contribution in [0.2, 0.25) is 0 Å². The molecule has 3 N–H and O–H groups in total. The summed E-state index contributed by atoms with van der Waals surface area (Å²) in [6.07, 6.45) is 0. The van der Waals surface area contributed by atoms with Crippen molar-refractivity contribution in [2.75, 3.05) is 0 Å². The minimum absolute atomic E-state index is 0. The van der Waals surface area contributed by atoms with E-state index in [9.17, 15) is 5.11 Å². The summed E-state index contributed by atoms with van der Waals surface area (Å²) in [5, 5.41) is 13.8. The van der Waals surface area contributed by atoms with Gasteiger partial charge >= 0.3 is 10.1 Å². The Balaban J connectivity index is 0.000000190. The Kier molecular flexibility index (Phi) is 8.90. The number of nitrogens with two attached hydrogens (primary N) is 1. The summed E-state index contributed by atoms with van der Waals surface area (Å²) in [6, 6.07) is 27.8. The molecule has 6 rings (SSSR count). The Hall–Kier alpha value is -3.19. The molecule has 0 bridgehead atoms. The van der Waals surface area contributed by atoms with Gasteiger partial charge in [-0.25, -0.2) is 4.98 Å². The van der Waals surface area contributed by atoms with Crippen LogP contribution in [-0.4, -0.2) is 15.1 Å². The standard InChI is InChI=1S/C14H11NOS.C14H11NS2.Be.H2N/c2*1-9-6-7-12(16)10(8-9)14-15-11-4-2-3-5-13(11)17-14;;/h2*2-8,16H,1H3;;1H2/q;;+2;-1/p-1. The third-order valence-electron chi connectivity index (χ3n) is 5.39. The SMILES string of the molecule is Cc1ccc([O-])c(-c2[nH+]c3ccccc3s2)c1.Cc1ccc([S-])c(-c2nc3ccccc3s2)c1.[Be+2].[NH2-]. The number of nitrogens with one attached hydrogen (secondary N) is 1. The Morgan fingerprint density at radius 1 is 0.778 bits per heavy atom. The maximum atomic E-state index is 11.8. The molecule has 0 aliphatic rings. The van der Waals surface area contributed by atoms with Gasteiger partial charge in [-0.05, 0) is 43.7 Å². The second-order valence-corrected chi connectivity index (χ2v) is 10.6. The molecular weight excluding hydrogens is 500 g/mol. The molecule has 0 unspecified atom stereocenters. The van der Waals surface area contributed by atoms with E-state index in [0.29, 0.717) is 0 Å². The second-order valence-electron chi connectivity index (χ2n) is 8.04. The van der Waals surface area contributed by atoms with Crippen molar-refractivity contribution in [2.45, 2.75) is 18.7 Å². The monoisotopic (exact) mass is 522 g/mol. The zero-order valence-electron chi connectivity index (χ0n) is 19.9. The maximum Gasteiger partial charge on any atom is 2.00 e. The quantitative estimate of drug-likeness (QED) is 0.177.